The largest absolute Gasteiger partial charge is 0.380 e. The van der Waals surface area contributed by atoms with Crippen LogP contribution in [0.3, 0.4) is 0 Å². The molecule has 0 bridgehead atoms. The van der Waals surface area contributed by atoms with Crippen LogP contribution in [0.4, 0.5) is 0 Å². The summed E-state index contributed by atoms with van der Waals surface area (Å²) in [7, 11) is 0. The second-order valence-corrected chi connectivity index (χ2v) is 3.95. The normalized spacial score (nSPS) is 10.5. The van der Waals surface area contributed by atoms with Crippen molar-refractivity contribution in [3.8, 4) is 0 Å². The molecule has 1 heterocycles. The number of hydrogen-bond donors (Lipinski definition) is 0. The molecule has 4 heteroatoms. The fourth-order valence-corrected chi connectivity index (χ4v) is 1.80. The maximum atomic E-state index is 11.6. The van der Waals surface area contributed by atoms with E-state index < -0.39 is 0 Å². The first-order valence-corrected chi connectivity index (χ1v) is 5.38. The van der Waals surface area contributed by atoms with Crippen LogP contribution in [0, 0.1) is 6.92 Å². The first-order valence-electron chi connectivity index (χ1n) is 4.59. The number of aromatic nitrogens is 1. The predicted octanol–water partition coefficient (Wildman–Crippen LogP) is 1.96. The zero-order valence-electron chi connectivity index (χ0n) is 8.42. The monoisotopic (exact) mass is 259 g/mol. The van der Waals surface area contributed by atoms with Crippen LogP contribution in [0.5, 0.6) is 0 Å². The van der Waals surface area contributed by atoms with E-state index in [1.54, 1.807) is 10.8 Å². The van der Waals surface area contributed by atoms with Gasteiger partial charge in [0, 0.05) is 29.4 Å². The second kappa shape index (κ2) is 5.32. The maximum Gasteiger partial charge on any atom is 0.253 e. The van der Waals surface area contributed by atoms with Gasteiger partial charge < -0.3 is 9.30 Å². The Hall–Kier alpha value is -0.610. The first kappa shape index (κ1) is 11.5. The molecule has 0 aromatic carbocycles. The highest BCUT2D eigenvalue weighted by Crippen LogP contribution is 2.07. The average Bonchev–Trinajstić information content (AvgIpc) is 2.13. The quantitative estimate of drug-likeness (QED) is 0.775. The summed E-state index contributed by atoms with van der Waals surface area (Å²) in [5.41, 5.74) is 0.795. The van der Waals surface area contributed by atoms with E-state index in [-0.39, 0.29) is 5.56 Å². The van der Waals surface area contributed by atoms with Gasteiger partial charge in [0.05, 0.1) is 6.61 Å². The third-order valence-corrected chi connectivity index (χ3v) is 2.35. The third kappa shape index (κ3) is 2.96. The summed E-state index contributed by atoms with van der Waals surface area (Å²) in [4.78, 5) is 11.6. The summed E-state index contributed by atoms with van der Waals surface area (Å²) >= 11 is 3.36. The molecule has 0 radical (unpaired) electrons. The molecule has 0 aliphatic rings. The van der Waals surface area contributed by atoms with E-state index in [0.717, 1.165) is 10.0 Å². The molecule has 0 amide bonds. The predicted molar refractivity (Wildman–Crippen MR) is 59.6 cm³/mol. The number of ether oxygens (including phenoxy) is 1. The van der Waals surface area contributed by atoms with Crippen LogP contribution < -0.4 is 5.56 Å². The SMILES string of the molecule is CCOCCn1cc(Br)cc(C)c1=O. The summed E-state index contributed by atoms with van der Waals surface area (Å²) in [6.07, 6.45) is 1.79. The summed E-state index contributed by atoms with van der Waals surface area (Å²) < 4.78 is 7.78. The average molecular weight is 260 g/mol. The van der Waals surface area contributed by atoms with Gasteiger partial charge in [-0.05, 0) is 35.8 Å². The van der Waals surface area contributed by atoms with E-state index in [1.165, 1.54) is 0 Å². The van der Waals surface area contributed by atoms with Crippen LogP contribution in [0.25, 0.3) is 0 Å². The van der Waals surface area contributed by atoms with Gasteiger partial charge in [-0.25, -0.2) is 0 Å². The van der Waals surface area contributed by atoms with Crippen molar-refractivity contribution in [1.82, 2.24) is 4.57 Å². The fraction of sp³-hybridized carbons (Fsp3) is 0.500. The van der Waals surface area contributed by atoms with Gasteiger partial charge in [-0.15, -0.1) is 0 Å². The number of hydrogen-bond acceptors (Lipinski definition) is 2. The molecule has 0 fully saturated rings. The molecule has 0 spiro atoms. The summed E-state index contributed by atoms with van der Waals surface area (Å²) in [5.74, 6) is 0. The molecule has 0 N–H and O–H groups in total. The number of rotatable bonds is 4. The zero-order chi connectivity index (χ0) is 10.6. The van der Waals surface area contributed by atoms with E-state index in [0.29, 0.717) is 19.8 Å². The highest BCUT2D eigenvalue weighted by Gasteiger charge is 2.00. The van der Waals surface area contributed by atoms with Crippen LogP contribution >= 0.6 is 15.9 Å². The van der Waals surface area contributed by atoms with Crippen LogP contribution in [0.15, 0.2) is 21.5 Å². The summed E-state index contributed by atoms with van der Waals surface area (Å²) in [6.45, 7) is 5.61. The molecule has 0 atom stereocenters. The fourth-order valence-electron chi connectivity index (χ4n) is 1.21. The molecule has 1 aromatic rings. The standard InChI is InChI=1S/C10H14BrNO2/c1-3-14-5-4-12-7-9(11)6-8(2)10(12)13/h6-7H,3-5H2,1-2H3. The zero-order valence-corrected chi connectivity index (χ0v) is 10.0. The van der Waals surface area contributed by atoms with Gasteiger partial charge in [0.2, 0.25) is 0 Å². The van der Waals surface area contributed by atoms with Gasteiger partial charge in [-0.3, -0.25) is 4.79 Å². The van der Waals surface area contributed by atoms with Gasteiger partial charge in [0.15, 0.2) is 0 Å². The van der Waals surface area contributed by atoms with Crippen LogP contribution in [-0.4, -0.2) is 17.8 Å². The Balaban J connectivity index is 2.81. The Kier molecular flexibility index (Phi) is 4.35. The van der Waals surface area contributed by atoms with Crippen molar-refractivity contribution in [2.24, 2.45) is 0 Å². The van der Waals surface area contributed by atoms with Gasteiger partial charge in [0.25, 0.3) is 5.56 Å². The van der Waals surface area contributed by atoms with E-state index in [2.05, 4.69) is 15.9 Å². The number of aryl methyl sites for hydroxylation is 1. The van der Waals surface area contributed by atoms with E-state index in [1.807, 2.05) is 19.9 Å². The van der Waals surface area contributed by atoms with E-state index in [4.69, 9.17) is 4.74 Å². The molecule has 1 aromatic heterocycles. The molecule has 0 saturated carbocycles. The Morgan fingerprint density at radius 1 is 1.57 bits per heavy atom. The van der Waals surface area contributed by atoms with Gasteiger partial charge in [-0.2, -0.15) is 0 Å². The molecular weight excluding hydrogens is 246 g/mol. The molecular formula is C10H14BrNO2. The summed E-state index contributed by atoms with van der Waals surface area (Å²) in [6, 6.07) is 1.82. The van der Waals surface area contributed by atoms with Crippen molar-refractivity contribution < 1.29 is 4.74 Å². The lowest BCUT2D eigenvalue weighted by atomic mass is 10.3. The molecule has 3 nitrogen and oxygen atoms in total. The summed E-state index contributed by atoms with van der Waals surface area (Å²) in [5, 5.41) is 0. The van der Waals surface area contributed by atoms with Gasteiger partial charge in [0.1, 0.15) is 0 Å². The highest BCUT2D eigenvalue weighted by molar-refractivity contribution is 9.10. The maximum absolute atomic E-state index is 11.6. The minimum absolute atomic E-state index is 0.0490. The molecule has 78 valence electrons. The molecule has 14 heavy (non-hydrogen) atoms. The number of halogens is 1. The molecule has 1 rings (SSSR count). The van der Waals surface area contributed by atoms with Crippen LogP contribution in [0.1, 0.15) is 12.5 Å². The van der Waals surface area contributed by atoms with Crippen molar-refractivity contribution in [3.05, 3.63) is 32.7 Å². The highest BCUT2D eigenvalue weighted by atomic mass is 79.9. The molecule has 0 unspecified atom stereocenters. The Bertz CT molecular complexity index is 360. The molecule has 0 aliphatic carbocycles. The van der Waals surface area contributed by atoms with Crippen LogP contribution in [-0.2, 0) is 11.3 Å². The van der Waals surface area contributed by atoms with Crippen molar-refractivity contribution in [2.75, 3.05) is 13.2 Å². The lowest BCUT2D eigenvalue weighted by Crippen LogP contribution is -2.23. The van der Waals surface area contributed by atoms with Gasteiger partial charge >= 0.3 is 0 Å². The first-order chi connectivity index (χ1) is 6.65. The van der Waals surface area contributed by atoms with Gasteiger partial charge in [-0.1, -0.05) is 0 Å². The number of nitrogens with zero attached hydrogens (tertiary/aromatic N) is 1. The Morgan fingerprint density at radius 3 is 2.93 bits per heavy atom. The van der Waals surface area contributed by atoms with E-state index in [9.17, 15) is 4.79 Å². The second-order valence-electron chi connectivity index (χ2n) is 3.04. The van der Waals surface area contributed by atoms with Crippen molar-refractivity contribution in [1.29, 1.82) is 0 Å². The van der Waals surface area contributed by atoms with Crippen molar-refractivity contribution >= 4 is 15.9 Å². The minimum Gasteiger partial charge on any atom is -0.380 e. The lowest BCUT2D eigenvalue weighted by molar-refractivity contribution is 0.138. The smallest absolute Gasteiger partial charge is 0.253 e. The van der Waals surface area contributed by atoms with Crippen molar-refractivity contribution in [3.63, 3.8) is 0 Å². The Labute approximate surface area is 91.8 Å². The number of pyridine rings is 1. The van der Waals surface area contributed by atoms with E-state index >= 15 is 0 Å². The van der Waals surface area contributed by atoms with Crippen LogP contribution in [0.2, 0.25) is 0 Å². The lowest BCUT2D eigenvalue weighted by Gasteiger charge is -2.07. The van der Waals surface area contributed by atoms with Crippen molar-refractivity contribution in [2.45, 2.75) is 20.4 Å². The minimum atomic E-state index is 0.0490. The Morgan fingerprint density at radius 2 is 2.29 bits per heavy atom. The molecule has 0 aliphatic heterocycles. The topological polar surface area (TPSA) is 31.2 Å². The third-order valence-electron chi connectivity index (χ3n) is 1.91. The molecule has 0 saturated heterocycles.